The number of rotatable bonds is 4. The van der Waals surface area contributed by atoms with Crippen LogP contribution in [0, 0.1) is 0 Å². The van der Waals surface area contributed by atoms with Crippen LogP contribution in [0.4, 0.5) is 5.69 Å². The van der Waals surface area contributed by atoms with Gasteiger partial charge in [0.05, 0.1) is 0 Å². The minimum Gasteiger partial charge on any atom is -0.399 e. The fourth-order valence-electron chi connectivity index (χ4n) is 1.19. The second-order valence-corrected chi connectivity index (χ2v) is 4.50. The largest absolute Gasteiger partial charge is 0.399 e. The summed E-state index contributed by atoms with van der Waals surface area (Å²) in [7, 11) is 0. The molecule has 0 atom stereocenters. The molecule has 0 unspecified atom stereocenters. The predicted molar refractivity (Wildman–Crippen MR) is 61.1 cm³/mol. The SMILES string of the molecule is CCC(CC)Sc1ccc(N)cc1. The second-order valence-electron chi connectivity index (χ2n) is 3.13. The molecule has 0 heterocycles. The number of anilines is 1. The normalized spacial score (nSPS) is 10.7. The van der Waals surface area contributed by atoms with Crippen molar-refractivity contribution in [2.45, 2.75) is 36.8 Å². The van der Waals surface area contributed by atoms with Gasteiger partial charge in [0.2, 0.25) is 0 Å². The Bertz CT molecular complexity index is 239. The molecule has 2 N–H and O–H groups in total. The van der Waals surface area contributed by atoms with Gasteiger partial charge in [-0.05, 0) is 37.1 Å². The molecule has 0 aliphatic heterocycles. The van der Waals surface area contributed by atoms with Crippen molar-refractivity contribution >= 4 is 17.4 Å². The molecule has 0 saturated heterocycles. The Morgan fingerprint density at radius 3 is 2.15 bits per heavy atom. The molecule has 0 aliphatic rings. The van der Waals surface area contributed by atoms with E-state index >= 15 is 0 Å². The molecule has 0 saturated carbocycles. The van der Waals surface area contributed by atoms with E-state index in [4.69, 9.17) is 5.73 Å². The Morgan fingerprint density at radius 1 is 1.15 bits per heavy atom. The van der Waals surface area contributed by atoms with E-state index in [1.54, 1.807) is 0 Å². The van der Waals surface area contributed by atoms with Crippen LogP contribution in [0.3, 0.4) is 0 Å². The highest BCUT2D eigenvalue weighted by Gasteiger charge is 2.04. The summed E-state index contributed by atoms with van der Waals surface area (Å²) in [6.07, 6.45) is 2.46. The van der Waals surface area contributed by atoms with Crippen LogP contribution in [-0.4, -0.2) is 5.25 Å². The molecule has 13 heavy (non-hydrogen) atoms. The molecule has 0 radical (unpaired) electrons. The Labute approximate surface area is 84.7 Å². The van der Waals surface area contributed by atoms with Crippen molar-refractivity contribution in [2.24, 2.45) is 0 Å². The third kappa shape index (κ3) is 3.31. The molecule has 72 valence electrons. The minimum atomic E-state index is 0.739. The van der Waals surface area contributed by atoms with Crippen LogP contribution in [0.2, 0.25) is 0 Å². The lowest BCUT2D eigenvalue weighted by molar-refractivity contribution is 0.792. The summed E-state index contributed by atoms with van der Waals surface area (Å²) < 4.78 is 0. The highest BCUT2D eigenvalue weighted by molar-refractivity contribution is 8.00. The molecule has 2 heteroatoms. The third-order valence-corrected chi connectivity index (χ3v) is 3.64. The fraction of sp³-hybridized carbons (Fsp3) is 0.455. The Kier molecular flexibility index (Phi) is 4.16. The van der Waals surface area contributed by atoms with Crippen LogP contribution >= 0.6 is 11.8 Å². The lowest BCUT2D eigenvalue weighted by Crippen LogP contribution is -1.97. The van der Waals surface area contributed by atoms with Crippen molar-refractivity contribution in [3.63, 3.8) is 0 Å². The lowest BCUT2D eigenvalue weighted by Gasteiger charge is -2.11. The van der Waals surface area contributed by atoms with Crippen LogP contribution in [0.25, 0.3) is 0 Å². The summed E-state index contributed by atoms with van der Waals surface area (Å²) >= 11 is 1.94. The number of hydrogen-bond donors (Lipinski definition) is 1. The average Bonchev–Trinajstić information content (AvgIpc) is 2.17. The molecule has 0 aliphatic carbocycles. The van der Waals surface area contributed by atoms with Crippen LogP contribution in [0.1, 0.15) is 26.7 Å². The van der Waals surface area contributed by atoms with Gasteiger partial charge in [0.1, 0.15) is 0 Å². The van der Waals surface area contributed by atoms with Gasteiger partial charge in [0.15, 0.2) is 0 Å². The summed E-state index contributed by atoms with van der Waals surface area (Å²) in [6, 6.07) is 8.12. The molecule has 0 bridgehead atoms. The Hall–Kier alpha value is -0.630. The Morgan fingerprint density at radius 2 is 1.69 bits per heavy atom. The molecule has 0 aromatic heterocycles. The number of nitrogen functional groups attached to an aromatic ring is 1. The molecule has 1 aromatic carbocycles. The van der Waals surface area contributed by atoms with Gasteiger partial charge in [-0.2, -0.15) is 0 Å². The first kappa shape index (κ1) is 10.5. The predicted octanol–water partition coefficient (Wildman–Crippen LogP) is 3.55. The monoisotopic (exact) mass is 195 g/mol. The van der Waals surface area contributed by atoms with Crippen molar-refractivity contribution in [2.75, 3.05) is 5.73 Å². The smallest absolute Gasteiger partial charge is 0.0314 e. The van der Waals surface area contributed by atoms with E-state index in [0.717, 1.165) is 10.9 Å². The van der Waals surface area contributed by atoms with Crippen LogP contribution in [-0.2, 0) is 0 Å². The quantitative estimate of drug-likeness (QED) is 0.587. The zero-order valence-electron chi connectivity index (χ0n) is 8.29. The van der Waals surface area contributed by atoms with Gasteiger partial charge in [-0.25, -0.2) is 0 Å². The van der Waals surface area contributed by atoms with E-state index < -0.39 is 0 Å². The highest BCUT2D eigenvalue weighted by Crippen LogP contribution is 2.27. The molecule has 0 fully saturated rings. The van der Waals surface area contributed by atoms with Gasteiger partial charge < -0.3 is 5.73 Å². The summed E-state index contributed by atoms with van der Waals surface area (Å²) in [5, 5.41) is 0.739. The van der Waals surface area contributed by atoms with Crippen molar-refractivity contribution in [1.29, 1.82) is 0 Å². The fourth-order valence-corrected chi connectivity index (χ4v) is 2.21. The minimum absolute atomic E-state index is 0.739. The van der Waals surface area contributed by atoms with E-state index in [0.29, 0.717) is 0 Å². The topological polar surface area (TPSA) is 26.0 Å². The van der Waals surface area contributed by atoms with E-state index in [9.17, 15) is 0 Å². The number of thioether (sulfide) groups is 1. The first-order chi connectivity index (χ1) is 6.26. The summed E-state index contributed by atoms with van der Waals surface area (Å²) in [5.74, 6) is 0. The van der Waals surface area contributed by atoms with Crippen molar-refractivity contribution in [3.8, 4) is 0 Å². The van der Waals surface area contributed by atoms with E-state index in [-0.39, 0.29) is 0 Å². The van der Waals surface area contributed by atoms with Crippen molar-refractivity contribution in [3.05, 3.63) is 24.3 Å². The van der Waals surface area contributed by atoms with E-state index in [1.165, 1.54) is 17.7 Å². The average molecular weight is 195 g/mol. The van der Waals surface area contributed by atoms with Crippen LogP contribution < -0.4 is 5.73 Å². The van der Waals surface area contributed by atoms with Gasteiger partial charge in [-0.1, -0.05) is 13.8 Å². The summed E-state index contributed by atoms with van der Waals surface area (Å²) in [5.41, 5.74) is 6.45. The zero-order valence-corrected chi connectivity index (χ0v) is 9.10. The molecule has 0 spiro atoms. The van der Waals surface area contributed by atoms with Gasteiger partial charge >= 0.3 is 0 Å². The third-order valence-electron chi connectivity index (χ3n) is 2.09. The molecule has 0 amide bonds. The number of nitrogens with two attached hydrogens (primary N) is 1. The maximum atomic E-state index is 5.61. The summed E-state index contributed by atoms with van der Waals surface area (Å²) in [6.45, 7) is 4.47. The van der Waals surface area contributed by atoms with E-state index in [2.05, 4.69) is 26.0 Å². The first-order valence-corrected chi connectivity index (χ1v) is 5.66. The maximum absolute atomic E-state index is 5.61. The van der Waals surface area contributed by atoms with Gasteiger partial charge in [-0.15, -0.1) is 11.8 Å². The van der Waals surface area contributed by atoms with Crippen molar-refractivity contribution in [1.82, 2.24) is 0 Å². The second kappa shape index (κ2) is 5.18. The first-order valence-electron chi connectivity index (χ1n) is 4.78. The van der Waals surface area contributed by atoms with Crippen LogP contribution in [0.15, 0.2) is 29.2 Å². The summed E-state index contributed by atoms with van der Waals surface area (Å²) in [4.78, 5) is 1.32. The van der Waals surface area contributed by atoms with Crippen molar-refractivity contribution < 1.29 is 0 Å². The van der Waals surface area contributed by atoms with Gasteiger partial charge in [0, 0.05) is 15.8 Å². The molecule has 1 nitrogen and oxygen atoms in total. The molecular formula is C11H17NS. The zero-order chi connectivity index (χ0) is 9.68. The van der Waals surface area contributed by atoms with Gasteiger partial charge in [0.25, 0.3) is 0 Å². The maximum Gasteiger partial charge on any atom is 0.0314 e. The Balaban J connectivity index is 2.58. The molecule has 1 rings (SSSR count). The molecular weight excluding hydrogens is 178 g/mol. The number of benzene rings is 1. The standard InChI is InChI=1S/C11H17NS/c1-3-10(4-2)13-11-7-5-9(12)6-8-11/h5-8,10H,3-4,12H2,1-2H3. The van der Waals surface area contributed by atoms with Gasteiger partial charge in [-0.3, -0.25) is 0 Å². The van der Waals surface area contributed by atoms with Crippen LogP contribution in [0.5, 0.6) is 0 Å². The lowest BCUT2D eigenvalue weighted by atomic mass is 10.3. The molecule has 1 aromatic rings. The highest BCUT2D eigenvalue weighted by atomic mass is 32.2. The number of hydrogen-bond acceptors (Lipinski definition) is 2. The van der Waals surface area contributed by atoms with E-state index in [1.807, 2.05) is 23.9 Å².